The summed E-state index contributed by atoms with van der Waals surface area (Å²) < 4.78 is 51.9. The molecule has 0 radical (unpaired) electrons. The maximum Gasteiger partial charge on any atom is 0.287 e. The number of rotatable bonds is 6. The van der Waals surface area contributed by atoms with Crippen LogP contribution >= 0.6 is 0 Å². The molecular formula is C18H16F2N4O4S. The van der Waals surface area contributed by atoms with Gasteiger partial charge in [-0.15, -0.1) is 4.83 Å². The van der Waals surface area contributed by atoms with E-state index in [9.17, 15) is 26.8 Å². The predicted octanol–water partition coefficient (Wildman–Crippen LogP) is 1.71. The van der Waals surface area contributed by atoms with Gasteiger partial charge in [-0.2, -0.15) is 5.10 Å². The lowest BCUT2D eigenvalue weighted by Gasteiger charge is -2.12. The third kappa shape index (κ3) is 4.15. The van der Waals surface area contributed by atoms with Gasteiger partial charge in [0.2, 0.25) is 0 Å². The van der Waals surface area contributed by atoms with Crippen molar-refractivity contribution in [3.05, 3.63) is 70.1 Å². The maximum absolute atomic E-state index is 13.3. The van der Waals surface area contributed by atoms with E-state index in [0.29, 0.717) is 18.6 Å². The normalized spacial score (nSPS) is 11.6. The smallest absolute Gasteiger partial charge is 0.272 e. The standard InChI is InChI=1S/C18H16F2N4O4S/c1-2-9-24-18(26)13-6-4-3-5-12(13)16(22-24)17(25)21-23-29(27,28)11-7-8-14(19)15(20)10-11/h3-8,10,23H,2,9H2,1H3,(H,21,25). The SMILES string of the molecule is CCCn1nc(C(=O)NNS(=O)(=O)c2ccc(F)c(F)c2)c2ccccc2c1=O. The van der Waals surface area contributed by atoms with E-state index in [1.165, 1.54) is 12.1 Å². The molecule has 29 heavy (non-hydrogen) atoms. The summed E-state index contributed by atoms with van der Waals surface area (Å²) in [6.45, 7) is 2.10. The average molecular weight is 422 g/mol. The lowest BCUT2D eigenvalue weighted by molar-refractivity contribution is 0.0939. The van der Waals surface area contributed by atoms with Crippen molar-refractivity contribution in [2.24, 2.45) is 0 Å². The fourth-order valence-corrected chi connectivity index (χ4v) is 3.49. The molecule has 2 aromatic carbocycles. The van der Waals surface area contributed by atoms with E-state index < -0.39 is 32.5 Å². The first-order valence-electron chi connectivity index (χ1n) is 8.51. The van der Waals surface area contributed by atoms with E-state index in [1.54, 1.807) is 12.1 Å². The van der Waals surface area contributed by atoms with Crippen LogP contribution in [0, 0.1) is 11.6 Å². The zero-order valence-electron chi connectivity index (χ0n) is 15.1. The highest BCUT2D eigenvalue weighted by Gasteiger charge is 2.21. The van der Waals surface area contributed by atoms with Gasteiger partial charge in [-0.25, -0.2) is 21.9 Å². The number of nitrogens with one attached hydrogen (secondary N) is 2. The van der Waals surface area contributed by atoms with E-state index in [4.69, 9.17) is 0 Å². The van der Waals surface area contributed by atoms with Gasteiger partial charge in [0, 0.05) is 11.9 Å². The Balaban J connectivity index is 1.93. The number of halogens is 2. The van der Waals surface area contributed by atoms with Crippen LogP contribution in [0.3, 0.4) is 0 Å². The first-order valence-corrected chi connectivity index (χ1v) is 10.00. The van der Waals surface area contributed by atoms with Crippen LogP contribution in [0.5, 0.6) is 0 Å². The molecule has 0 aliphatic rings. The van der Waals surface area contributed by atoms with Crippen LogP contribution < -0.4 is 15.8 Å². The number of carbonyl (C=O) groups excluding carboxylic acids is 1. The second-order valence-electron chi connectivity index (χ2n) is 6.06. The molecule has 0 saturated carbocycles. The van der Waals surface area contributed by atoms with E-state index in [0.717, 1.165) is 10.7 Å². The summed E-state index contributed by atoms with van der Waals surface area (Å²) in [4.78, 5) is 26.3. The molecule has 1 amide bonds. The second kappa shape index (κ2) is 8.05. The number of nitrogens with zero attached hydrogens (tertiary/aromatic N) is 2. The first kappa shape index (κ1) is 20.6. The van der Waals surface area contributed by atoms with Gasteiger partial charge in [0.1, 0.15) is 0 Å². The van der Waals surface area contributed by atoms with Crippen molar-refractivity contribution in [2.45, 2.75) is 24.8 Å². The van der Waals surface area contributed by atoms with Crippen molar-refractivity contribution < 1.29 is 22.0 Å². The fourth-order valence-electron chi connectivity index (χ4n) is 2.64. The van der Waals surface area contributed by atoms with Gasteiger partial charge < -0.3 is 0 Å². The van der Waals surface area contributed by atoms with Crippen molar-refractivity contribution in [1.82, 2.24) is 20.0 Å². The van der Waals surface area contributed by atoms with Gasteiger partial charge >= 0.3 is 0 Å². The molecule has 1 heterocycles. The largest absolute Gasteiger partial charge is 0.287 e. The predicted molar refractivity (Wildman–Crippen MR) is 100 cm³/mol. The molecule has 0 unspecified atom stereocenters. The Morgan fingerprint density at radius 1 is 1.10 bits per heavy atom. The summed E-state index contributed by atoms with van der Waals surface area (Å²) in [5.41, 5.74) is 1.44. The number of benzene rings is 2. The van der Waals surface area contributed by atoms with E-state index in [2.05, 4.69) is 5.10 Å². The number of sulfonamides is 1. The fraction of sp³-hybridized carbons (Fsp3) is 0.167. The molecule has 0 atom stereocenters. The Hall–Kier alpha value is -3.18. The zero-order valence-corrected chi connectivity index (χ0v) is 16.0. The molecule has 0 saturated heterocycles. The molecule has 1 aromatic heterocycles. The molecule has 2 N–H and O–H groups in total. The molecule has 0 aliphatic heterocycles. The van der Waals surface area contributed by atoms with Crippen LogP contribution in [0.15, 0.2) is 52.2 Å². The van der Waals surface area contributed by atoms with Crippen molar-refractivity contribution in [1.29, 1.82) is 0 Å². The molecule has 3 aromatic rings. The topological polar surface area (TPSA) is 110 Å². The van der Waals surface area contributed by atoms with E-state index >= 15 is 0 Å². The van der Waals surface area contributed by atoms with Crippen molar-refractivity contribution in [3.8, 4) is 0 Å². The molecule has 0 bridgehead atoms. The monoisotopic (exact) mass is 422 g/mol. The first-order chi connectivity index (χ1) is 13.7. The van der Waals surface area contributed by atoms with Crippen LogP contribution in [-0.4, -0.2) is 24.1 Å². The van der Waals surface area contributed by atoms with Crippen LogP contribution in [0.25, 0.3) is 10.8 Å². The summed E-state index contributed by atoms with van der Waals surface area (Å²) in [6.07, 6.45) is 0.592. The lowest BCUT2D eigenvalue weighted by Crippen LogP contribution is -2.42. The van der Waals surface area contributed by atoms with Crippen LogP contribution in [0.2, 0.25) is 0 Å². The summed E-state index contributed by atoms with van der Waals surface area (Å²) in [5, 5.41) is 4.54. The minimum absolute atomic E-state index is 0.165. The van der Waals surface area contributed by atoms with E-state index in [1.807, 2.05) is 17.2 Å². The zero-order chi connectivity index (χ0) is 21.2. The summed E-state index contributed by atoms with van der Waals surface area (Å²) in [6, 6.07) is 8.28. The summed E-state index contributed by atoms with van der Waals surface area (Å²) >= 11 is 0. The highest BCUT2D eigenvalue weighted by Crippen LogP contribution is 2.15. The molecule has 0 spiro atoms. The molecule has 0 fully saturated rings. The van der Waals surface area contributed by atoms with Crippen molar-refractivity contribution in [2.75, 3.05) is 0 Å². The Labute approximate surface area is 164 Å². The van der Waals surface area contributed by atoms with Crippen LogP contribution in [-0.2, 0) is 16.6 Å². The maximum atomic E-state index is 13.3. The van der Waals surface area contributed by atoms with Gasteiger partial charge in [0.05, 0.1) is 10.3 Å². The van der Waals surface area contributed by atoms with Crippen molar-refractivity contribution in [3.63, 3.8) is 0 Å². The van der Waals surface area contributed by atoms with Crippen LogP contribution in [0.4, 0.5) is 8.78 Å². The summed E-state index contributed by atoms with van der Waals surface area (Å²) in [7, 11) is -4.37. The number of hydrazine groups is 1. The molecule has 0 aliphatic carbocycles. The number of hydrogen-bond acceptors (Lipinski definition) is 5. The van der Waals surface area contributed by atoms with Gasteiger partial charge in [-0.1, -0.05) is 25.1 Å². The minimum atomic E-state index is -4.37. The molecular weight excluding hydrogens is 406 g/mol. The molecule has 3 rings (SSSR count). The third-order valence-corrected chi connectivity index (χ3v) is 5.26. The lowest BCUT2D eigenvalue weighted by atomic mass is 10.1. The quantitative estimate of drug-likeness (QED) is 0.588. The highest BCUT2D eigenvalue weighted by atomic mass is 32.2. The number of fused-ring (bicyclic) bond motifs is 1. The summed E-state index contributed by atoms with van der Waals surface area (Å²) in [5.74, 6) is -3.47. The van der Waals surface area contributed by atoms with Crippen LogP contribution in [0.1, 0.15) is 23.8 Å². The molecule has 152 valence electrons. The number of aromatic nitrogens is 2. The second-order valence-corrected chi connectivity index (χ2v) is 7.74. The Morgan fingerprint density at radius 2 is 1.79 bits per heavy atom. The molecule has 11 heteroatoms. The van der Waals surface area contributed by atoms with Gasteiger partial charge in [-0.05, 0) is 30.7 Å². The number of amides is 1. The van der Waals surface area contributed by atoms with Crippen molar-refractivity contribution >= 4 is 26.7 Å². The highest BCUT2D eigenvalue weighted by molar-refractivity contribution is 7.89. The van der Waals surface area contributed by atoms with Gasteiger partial charge in [0.15, 0.2) is 17.3 Å². The minimum Gasteiger partial charge on any atom is -0.272 e. The average Bonchev–Trinajstić information content (AvgIpc) is 2.70. The number of aryl methyl sites for hydroxylation is 1. The molecule has 8 nitrogen and oxygen atoms in total. The number of carbonyl (C=O) groups is 1. The number of hydrogen-bond donors (Lipinski definition) is 2. The van der Waals surface area contributed by atoms with Gasteiger partial charge in [0.25, 0.3) is 21.5 Å². The Morgan fingerprint density at radius 3 is 2.45 bits per heavy atom. The van der Waals surface area contributed by atoms with E-state index in [-0.39, 0.29) is 28.6 Å². The third-order valence-electron chi connectivity index (χ3n) is 4.02. The van der Waals surface area contributed by atoms with Gasteiger partial charge in [-0.3, -0.25) is 15.0 Å². The Kier molecular flexibility index (Phi) is 5.71. The Bertz CT molecular complexity index is 1260.